The third-order valence-corrected chi connectivity index (χ3v) is 11.1. The van der Waals surface area contributed by atoms with Gasteiger partial charge >= 0.3 is 11.9 Å². The molecule has 36 heavy (non-hydrogen) atoms. The predicted molar refractivity (Wildman–Crippen MR) is 141 cm³/mol. The lowest BCUT2D eigenvalue weighted by atomic mass is 9.47. The molecule has 5 heteroatoms. The van der Waals surface area contributed by atoms with Crippen molar-refractivity contribution in [3.05, 3.63) is 11.6 Å². The van der Waals surface area contributed by atoms with E-state index in [0.717, 1.165) is 43.4 Å². The summed E-state index contributed by atoms with van der Waals surface area (Å²) in [5.74, 6) is 3.02. The molecule has 0 amide bonds. The van der Waals surface area contributed by atoms with Crippen LogP contribution < -0.4 is 0 Å². The van der Waals surface area contributed by atoms with Gasteiger partial charge < -0.3 is 14.6 Å². The SMILES string of the molecule is CC(=O)OC(CC[C@@H](C)[C@H]1CC[C@H]2[C@@H]3CC=C4C[C@@H](OC(C)=O)CC[C@]4(C)[C@H]3CC[C@]12C)C(C)(C)O. The van der Waals surface area contributed by atoms with Crippen LogP contribution in [0, 0.1) is 40.4 Å². The lowest BCUT2D eigenvalue weighted by Gasteiger charge is -2.58. The Labute approximate surface area is 218 Å². The van der Waals surface area contributed by atoms with Gasteiger partial charge in [-0.2, -0.15) is 0 Å². The monoisotopic (exact) mass is 502 g/mol. The Hall–Kier alpha value is -1.36. The molecular formula is C31H50O5. The van der Waals surface area contributed by atoms with Crippen LogP contribution in [0.3, 0.4) is 0 Å². The fraction of sp³-hybridized carbons (Fsp3) is 0.871. The highest BCUT2D eigenvalue weighted by Crippen LogP contribution is 2.67. The van der Waals surface area contributed by atoms with Gasteiger partial charge in [-0.3, -0.25) is 9.59 Å². The minimum atomic E-state index is -1.03. The van der Waals surface area contributed by atoms with Crippen LogP contribution >= 0.6 is 0 Å². The first kappa shape index (κ1) is 27.7. The van der Waals surface area contributed by atoms with Crippen LogP contribution in [-0.4, -0.2) is 34.9 Å². The Morgan fingerprint density at radius 2 is 1.78 bits per heavy atom. The molecule has 0 aromatic heterocycles. The fourth-order valence-corrected chi connectivity index (χ4v) is 9.31. The normalized spacial score (nSPS) is 39.7. The molecule has 0 saturated heterocycles. The van der Waals surface area contributed by atoms with E-state index in [9.17, 15) is 14.7 Å². The van der Waals surface area contributed by atoms with Crippen LogP contribution in [0.2, 0.25) is 0 Å². The number of esters is 2. The molecule has 4 aliphatic rings. The second-order valence-corrected chi connectivity index (χ2v) is 13.8. The molecule has 0 aromatic carbocycles. The van der Waals surface area contributed by atoms with Gasteiger partial charge in [-0.1, -0.05) is 32.4 Å². The van der Waals surface area contributed by atoms with E-state index in [1.54, 1.807) is 19.4 Å². The molecule has 4 aliphatic carbocycles. The summed E-state index contributed by atoms with van der Waals surface area (Å²) in [6.45, 7) is 13.9. The number of rotatable bonds is 7. The van der Waals surface area contributed by atoms with Gasteiger partial charge in [0.1, 0.15) is 12.2 Å². The summed E-state index contributed by atoms with van der Waals surface area (Å²) in [6.07, 6.45) is 13.2. The van der Waals surface area contributed by atoms with Gasteiger partial charge in [0, 0.05) is 20.3 Å². The van der Waals surface area contributed by atoms with Gasteiger partial charge in [0.05, 0.1) is 5.60 Å². The third-order valence-electron chi connectivity index (χ3n) is 11.1. The van der Waals surface area contributed by atoms with Crippen molar-refractivity contribution in [2.75, 3.05) is 0 Å². The number of ether oxygens (including phenoxy) is 2. The lowest BCUT2D eigenvalue weighted by Crippen LogP contribution is -2.51. The van der Waals surface area contributed by atoms with Crippen molar-refractivity contribution in [3.63, 3.8) is 0 Å². The first-order chi connectivity index (χ1) is 16.8. The molecule has 9 atom stereocenters. The van der Waals surface area contributed by atoms with Gasteiger partial charge in [0.2, 0.25) is 0 Å². The topological polar surface area (TPSA) is 72.8 Å². The minimum absolute atomic E-state index is 0.0589. The zero-order chi connectivity index (χ0) is 26.5. The molecule has 0 aliphatic heterocycles. The van der Waals surface area contributed by atoms with E-state index in [2.05, 4.69) is 26.8 Å². The van der Waals surface area contributed by atoms with Gasteiger partial charge in [0.25, 0.3) is 0 Å². The number of fused-ring (bicyclic) bond motifs is 5. The molecule has 0 aromatic rings. The molecule has 5 nitrogen and oxygen atoms in total. The lowest BCUT2D eigenvalue weighted by molar-refractivity contribution is -0.160. The maximum Gasteiger partial charge on any atom is 0.303 e. The molecular weight excluding hydrogens is 452 g/mol. The van der Waals surface area contributed by atoms with Crippen molar-refractivity contribution in [3.8, 4) is 0 Å². The number of hydrogen-bond acceptors (Lipinski definition) is 5. The van der Waals surface area contributed by atoms with Gasteiger partial charge in [-0.25, -0.2) is 0 Å². The highest BCUT2D eigenvalue weighted by Gasteiger charge is 2.59. The molecule has 3 fully saturated rings. The fourth-order valence-electron chi connectivity index (χ4n) is 9.31. The van der Waals surface area contributed by atoms with Gasteiger partial charge in [0.15, 0.2) is 0 Å². The number of carbonyl (C=O) groups excluding carboxylic acids is 2. The van der Waals surface area contributed by atoms with Crippen LogP contribution in [0.25, 0.3) is 0 Å². The second-order valence-electron chi connectivity index (χ2n) is 13.8. The minimum Gasteiger partial charge on any atom is -0.462 e. The maximum atomic E-state index is 11.6. The van der Waals surface area contributed by atoms with Crippen LogP contribution in [-0.2, 0) is 19.1 Å². The Kier molecular flexibility index (Phi) is 7.74. The Morgan fingerprint density at radius 3 is 2.42 bits per heavy atom. The van der Waals surface area contributed by atoms with Crippen LogP contribution in [0.4, 0.5) is 0 Å². The number of carbonyl (C=O) groups is 2. The van der Waals surface area contributed by atoms with E-state index in [1.165, 1.54) is 46.0 Å². The summed E-state index contributed by atoms with van der Waals surface area (Å²) < 4.78 is 11.1. The average molecular weight is 503 g/mol. The number of allylic oxidation sites excluding steroid dienone is 1. The van der Waals surface area contributed by atoms with Crippen LogP contribution in [0.15, 0.2) is 11.6 Å². The molecule has 3 saturated carbocycles. The van der Waals surface area contributed by atoms with Crippen molar-refractivity contribution < 1.29 is 24.2 Å². The molecule has 0 heterocycles. The second kappa shape index (κ2) is 10.1. The van der Waals surface area contributed by atoms with Crippen molar-refractivity contribution in [2.24, 2.45) is 40.4 Å². The summed E-state index contributed by atoms with van der Waals surface area (Å²) in [6, 6.07) is 0. The molecule has 0 radical (unpaired) electrons. The maximum absolute atomic E-state index is 11.6. The molecule has 0 bridgehead atoms. The van der Waals surface area contributed by atoms with E-state index in [1.807, 2.05) is 0 Å². The van der Waals surface area contributed by atoms with Crippen molar-refractivity contribution >= 4 is 11.9 Å². The van der Waals surface area contributed by atoms with E-state index in [-0.39, 0.29) is 23.5 Å². The molecule has 1 unspecified atom stereocenters. The smallest absolute Gasteiger partial charge is 0.303 e. The Balaban J connectivity index is 1.45. The quantitative estimate of drug-likeness (QED) is 0.313. The zero-order valence-electron chi connectivity index (χ0n) is 23.8. The zero-order valence-corrected chi connectivity index (χ0v) is 23.8. The van der Waals surface area contributed by atoms with Crippen molar-refractivity contribution in [1.29, 1.82) is 0 Å². The summed E-state index contributed by atoms with van der Waals surface area (Å²) in [5.41, 5.74) is 1.15. The molecule has 1 N–H and O–H groups in total. The Bertz CT molecular complexity index is 871. The summed E-state index contributed by atoms with van der Waals surface area (Å²) in [4.78, 5) is 23.1. The van der Waals surface area contributed by atoms with Gasteiger partial charge in [-0.15, -0.1) is 0 Å². The summed E-state index contributed by atoms with van der Waals surface area (Å²) in [7, 11) is 0. The first-order valence-corrected chi connectivity index (χ1v) is 14.5. The van der Waals surface area contributed by atoms with Crippen LogP contribution in [0.1, 0.15) is 113 Å². The number of aliphatic hydroxyl groups is 1. The highest BCUT2D eigenvalue weighted by molar-refractivity contribution is 5.66. The van der Waals surface area contributed by atoms with Crippen LogP contribution in [0.5, 0.6) is 0 Å². The predicted octanol–water partition coefficient (Wildman–Crippen LogP) is 6.62. The standard InChI is InChI=1S/C31H50O5/c1-19(8-13-28(29(4,5)34)36-21(3)33)25-11-12-26-24-10-9-22-18-23(35-20(2)32)14-16-30(22,6)27(24)15-17-31(25,26)7/h9,19,23-28,34H,8,10-18H2,1-7H3/t19-,23+,24+,25-,26+,27+,28?,30+,31-/m1/s1. The van der Waals surface area contributed by atoms with E-state index in [0.29, 0.717) is 23.7 Å². The largest absolute Gasteiger partial charge is 0.462 e. The average Bonchev–Trinajstić information content (AvgIpc) is 3.12. The van der Waals surface area contributed by atoms with E-state index in [4.69, 9.17) is 9.47 Å². The van der Waals surface area contributed by atoms with Gasteiger partial charge in [-0.05, 0) is 112 Å². The number of hydrogen-bond donors (Lipinski definition) is 1. The van der Waals surface area contributed by atoms with Crippen molar-refractivity contribution in [1.82, 2.24) is 0 Å². The molecule has 4 rings (SSSR count). The van der Waals surface area contributed by atoms with Crippen molar-refractivity contribution in [2.45, 2.75) is 130 Å². The van der Waals surface area contributed by atoms with E-state index < -0.39 is 11.7 Å². The van der Waals surface area contributed by atoms with E-state index >= 15 is 0 Å². The highest BCUT2D eigenvalue weighted by atomic mass is 16.6. The summed E-state index contributed by atoms with van der Waals surface area (Å²) >= 11 is 0. The molecule has 0 spiro atoms. The molecule has 204 valence electrons. The summed E-state index contributed by atoms with van der Waals surface area (Å²) in [5, 5.41) is 10.5. The Morgan fingerprint density at radius 1 is 1.06 bits per heavy atom. The first-order valence-electron chi connectivity index (χ1n) is 14.5. The third kappa shape index (κ3) is 5.15.